The van der Waals surface area contributed by atoms with Crippen LogP contribution < -0.4 is 14.8 Å². The van der Waals surface area contributed by atoms with Gasteiger partial charge in [-0.25, -0.2) is 9.37 Å². The van der Waals surface area contributed by atoms with Gasteiger partial charge in [0.25, 0.3) is 0 Å². The Balaban J connectivity index is 2.25. The monoisotopic (exact) mass is 385 g/mol. The Morgan fingerprint density at radius 3 is 1.85 bits per heavy atom. The van der Waals surface area contributed by atoms with Crippen LogP contribution in [0.4, 0.5) is 4.39 Å². The molecule has 26 heavy (non-hydrogen) atoms. The standard InChI is InChI=1S/C21H21ClFNOSi/c1-21(2,3)26(17-10-6-4-7-11-17,18-12-8-5-9-13-18)25-16-14-19(23)20(22)24-15-16/h4-15H,1-3H3. The van der Waals surface area contributed by atoms with Crippen LogP contribution in [-0.4, -0.2) is 13.3 Å². The van der Waals surface area contributed by atoms with Crippen LogP contribution in [-0.2, 0) is 0 Å². The number of aromatic nitrogens is 1. The lowest BCUT2D eigenvalue weighted by Gasteiger charge is -2.42. The number of hydrogen-bond acceptors (Lipinski definition) is 2. The molecule has 2 aromatic carbocycles. The minimum absolute atomic E-state index is 0.153. The van der Waals surface area contributed by atoms with E-state index in [0.29, 0.717) is 5.75 Å². The highest BCUT2D eigenvalue weighted by molar-refractivity contribution is 7.00. The molecule has 0 aliphatic heterocycles. The van der Waals surface area contributed by atoms with Crippen LogP contribution in [0.5, 0.6) is 5.75 Å². The van der Waals surface area contributed by atoms with Gasteiger partial charge in [0.15, 0.2) is 11.0 Å². The van der Waals surface area contributed by atoms with Crippen molar-refractivity contribution in [3.05, 3.63) is 83.9 Å². The van der Waals surface area contributed by atoms with Gasteiger partial charge < -0.3 is 4.43 Å². The minimum Gasteiger partial charge on any atom is -0.533 e. The van der Waals surface area contributed by atoms with E-state index in [4.69, 9.17) is 16.0 Å². The Kier molecular flexibility index (Phi) is 5.16. The molecule has 0 aliphatic carbocycles. The van der Waals surface area contributed by atoms with Crippen LogP contribution >= 0.6 is 11.6 Å². The third-order valence-corrected chi connectivity index (χ3v) is 9.68. The molecule has 0 unspecified atom stereocenters. The predicted molar refractivity (Wildman–Crippen MR) is 107 cm³/mol. The minimum atomic E-state index is -2.78. The molecule has 0 N–H and O–H groups in total. The average Bonchev–Trinajstić information content (AvgIpc) is 2.63. The van der Waals surface area contributed by atoms with Crippen molar-refractivity contribution in [1.29, 1.82) is 0 Å². The third kappa shape index (κ3) is 3.39. The van der Waals surface area contributed by atoms with Crippen LogP contribution in [0.2, 0.25) is 10.2 Å². The number of rotatable bonds is 4. The fraction of sp³-hybridized carbons (Fsp3) is 0.190. The summed E-state index contributed by atoms with van der Waals surface area (Å²) >= 11 is 5.75. The summed E-state index contributed by atoms with van der Waals surface area (Å²) in [5.74, 6) is -0.191. The predicted octanol–water partition coefficient (Wildman–Crippen LogP) is 4.81. The van der Waals surface area contributed by atoms with Crippen molar-refractivity contribution in [2.75, 3.05) is 0 Å². The summed E-state index contributed by atoms with van der Waals surface area (Å²) in [7, 11) is -2.78. The smallest absolute Gasteiger partial charge is 0.320 e. The van der Waals surface area contributed by atoms with Crippen LogP contribution in [0.15, 0.2) is 72.9 Å². The van der Waals surface area contributed by atoms with Gasteiger partial charge in [-0.15, -0.1) is 0 Å². The van der Waals surface area contributed by atoms with E-state index in [0.717, 1.165) is 10.4 Å². The van der Waals surface area contributed by atoms with Crippen molar-refractivity contribution < 1.29 is 8.82 Å². The molecule has 0 atom stereocenters. The SMILES string of the molecule is CC(C)(C)[Si](Oc1cnc(Cl)c(F)c1)(c1ccccc1)c1ccccc1. The summed E-state index contributed by atoms with van der Waals surface area (Å²) < 4.78 is 20.6. The molecule has 1 heterocycles. The fourth-order valence-electron chi connectivity index (χ4n) is 3.29. The largest absolute Gasteiger partial charge is 0.533 e. The molecule has 0 saturated heterocycles. The van der Waals surface area contributed by atoms with E-state index in [-0.39, 0.29) is 10.2 Å². The Morgan fingerprint density at radius 1 is 0.923 bits per heavy atom. The Morgan fingerprint density at radius 2 is 1.42 bits per heavy atom. The van der Waals surface area contributed by atoms with Gasteiger partial charge in [0, 0.05) is 6.07 Å². The molecule has 134 valence electrons. The molecule has 0 fully saturated rings. The van der Waals surface area contributed by atoms with E-state index in [9.17, 15) is 4.39 Å². The fourth-order valence-corrected chi connectivity index (χ4v) is 7.79. The van der Waals surface area contributed by atoms with Crippen molar-refractivity contribution >= 4 is 30.3 Å². The van der Waals surface area contributed by atoms with E-state index in [2.05, 4.69) is 50.0 Å². The van der Waals surface area contributed by atoms with Gasteiger partial charge in [0.05, 0.1) is 6.20 Å². The zero-order valence-corrected chi connectivity index (χ0v) is 16.8. The number of pyridine rings is 1. The molecular formula is C21H21ClFNOSi. The molecule has 2 nitrogen and oxygen atoms in total. The maximum Gasteiger partial charge on any atom is 0.320 e. The zero-order chi connectivity index (χ0) is 18.8. The molecule has 3 aromatic rings. The molecule has 0 bridgehead atoms. The Hall–Kier alpha value is -2.17. The molecule has 3 rings (SSSR count). The number of nitrogens with zero attached hydrogens (tertiary/aromatic N) is 1. The third-order valence-electron chi connectivity index (χ3n) is 4.46. The highest BCUT2D eigenvalue weighted by atomic mass is 35.5. The van der Waals surface area contributed by atoms with Gasteiger partial charge in [-0.1, -0.05) is 93.0 Å². The van der Waals surface area contributed by atoms with Gasteiger partial charge >= 0.3 is 8.32 Å². The molecule has 0 aliphatic rings. The van der Waals surface area contributed by atoms with E-state index in [1.54, 1.807) is 0 Å². The van der Waals surface area contributed by atoms with Crippen molar-refractivity contribution in [3.63, 3.8) is 0 Å². The van der Waals surface area contributed by atoms with Crippen molar-refractivity contribution in [2.45, 2.75) is 25.8 Å². The van der Waals surface area contributed by atoms with Crippen LogP contribution in [0, 0.1) is 5.82 Å². The quantitative estimate of drug-likeness (QED) is 0.474. The molecule has 0 amide bonds. The van der Waals surface area contributed by atoms with E-state index in [1.807, 2.05) is 36.4 Å². The summed E-state index contributed by atoms with van der Waals surface area (Å²) in [5, 5.41) is 1.88. The molecular weight excluding hydrogens is 365 g/mol. The first-order valence-electron chi connectivity index (χ1n) is 8.46. The van der Waals surface area contributed by atoms with E-state index in [1.165, 1.54) is 12.3 Å². The average molecular weight is 386 g/mol. The zero-order valence-electron chi connectivity index (χ0n) is 15.0. The lowest BCUT2D eigenvalue weighted by molar-refractivity contribution is 0.499. The number of halogens is 2. The lowest BCUT2D eigenvalue weighted by Crippen LogP contribution is -2.68. The molecule has 0 saturated carbocycles. The Bertz CT molecular complexity index is 842. The normalized spacial score (nSPS) is 12.0. The highest BCUT2D eigenvalue weighted by Gasteiger charge is 2.52. The second kappa shape index (κ2) is 7.21. The van der Waals surface area contributed by atoms with Crippen LogP contribution in [0.3, 0.4) is 0 Å². The second-order valence-corrected chi connectivity index (χ2v) is 11.8. The van der Waals surface area contributed by atoms with E-state index < -0.39 is 14.1 Å². The first-order chi connectivity index (χ1) is 12.3. The summed E-state index contributed by atoms with van der Waals surface area (Å²) in [5.41, 5.74) is 0. The summed E-state index contributed by atoms with van der Waals surface area (Å²) in [4.78, 5) is 3.92. The van der Waals surface area contributed by atoms with Gasteiger partial charge in [-0.2, -0.15) is 0 Å². The van der Waals surface area contributed by atoms with Crippen LogP contribution in [0.25, 0.3) is 0 Å². The number of benzene rings is 2. The van der Waals surface area contributed by atoms with Crippen molar-refractivity contribution in [2.24, 2.45) is 0 Å². The van der Waals surface area contributed by atoms with Gasteiger partial charge in [0.1, 0.15) is 5.75 Å². The maximum absolute atomic E-state index is 14.0. The topological polar surface area (TPSA) is 22.1 Å². The Labute approximate surface area is 159 Å². The van der Waals surface area contributed by atoms with Crippen molar-refractivity contribution in [3.8, 4) is 5.75 Å². The van der Waals surface area contributed by atoms with E-state index >= 15 is 0 Å². The van der Waals surface area contributed by atoms with Gasteiger partial charge in [-0.05, 0) is 15.4 Å². The first kappa shape index (κ1) is 18.6. The first-order valence-corrected chi connectivity index (χ1v) is 10.7. The summed E-state index contributed by atoms with van der Waals surface area (Å²) in [6.07, 6.45) is 1.49. The summed E-state index contributed by atoms with van der Waals surface area (Å²) in [6, 6.07) is 21.7. The molecule has 0 radical (unpaired) electrons. The molecule has 1 aromatic heterocycles. The highest BCUT2D eigenvalue weighted by Crippen LogP contribution is 2.37. The number of hydrogen-bond donors (Lipinski definition) is 0. The van der Waals surface area contributed by atoms with Gasteiger partial charge in [-0.3, -0.25) is 0 Å². The maximum atomic E-state index is 14.0. The van der Waals surface area contributed by atoms with Crippen molar-refractivity contribution in [1.82, 2.24) is 4.98 Å². The van der Waals surface area contributed by atoms with Gasteiger partial charge in [0.2, 0.25) is 0 Å². The second-order valence-electron chi connectivity index (χ2n) is 7.21. The lowest BCUT2D eigenvalue weighted by atomic mass is 10.2. The molecule has 5 heteroatoms. The van der Waals surface area contributed by atoms with Crippen LogP contribution in [0.1, 0.15) is 20.8 Å². The molecule has 0 spiro atoms. The summed E-state index contributed by atoms with van der Waals surface area (Å²) in [6.45, 7) is 6.50.